The van der Waals surface area contributed by atoms with E-state index in [1.807, 2.05) is 0 Å². The van der Waals surface area contributed by atoms with Crippen molar-refractivity contribution in [2.45, 2.75) is 11.8 Å². The number of hydrogen-bond acceptors (Lipinski definition) is 3. The molecular formula is C16H13F2N3O2S. The van der Waals surface area contributed by atoms with Crippen molar-refractivity contribution >= 4 is 15.8 Å². The van der Waals surface area contributed by atoms with Gasteiger partial charge in [0.1, 0.15) is 17.5 Å². The third kappa shape index (κ3) is 3.00. The van der Waals surface area contributed by atoms with E-state index in [0.29, 0.717) is 11.4 Å². The quantitative estimate of drug-likeness (QED) is 0.786. The van der Waals surface area contributed by atoms with Gasteiger partial charge in [-0.3, -0.25) is 4.72 Å². The third-order valence-corrected chi connectivity index (χ3v) is 4.66. The Kier molecular flexibility index (Phi) is 4.06. The number of aromatic nitrogens is 2. The monoisotopic (exact) mass is 349 g/mol. The fourth-order valence-corrected chi connectivity index (χ4v) is 3.44. The topological polar surface area (TPSA) is 64.0 Å². The maximum atomic E-state index is 13.8. The Balaban J connectivity index is 2.06. The Hall–Kier alpha value is -2.74. The van der Waals surface area contributed by atoms with Gasteiger partial charge >= 0.3 is 0 Å². The summed E-state index contributed by atoms with van der Waals surface area (Å²) in [6.45, 7) is 1.68. The van der Waals surface area contributed by atoms with E-state index in [9.17, 15) is 17.2 Å². The normalized spacial score (nSPS) is 11.5. The summed E-state index contributed by atoms with van der Waals surface area (Å²) in [5, 5.41) is 4.21. The molecule has 0 bridgehead atoms. The van der Waals surface area contributed by atoms with Gasteiger partial charge in [-0.2, -0.15) is 5.10 Å². The number of sulfonamides is 1. The smallest absolute Gasteiger partial charge is 0.263 e. The molecule has 0 amide bonds. The number of aryl methyl sites for hydroxylation is 1. The van der Waals surface area contributed by atoms with Crippen LogP contribution < -0.4 is 4.72 Å². The molecule has 1 heterocycles. The second kappa shape index (κ2) is 6.04. The molecule has 5 nitrogen and oxygen atoms in total. The summed E-state index contributed by atoms with van der Waals surface area (Å²) < 4.78 is 55.9. The van der Waals surface area contributed by atoms with E-state index in [2.05, 4.69) is 9.82 Å². The highest BCUT2D eigenvalue weighted by Crippen LogP contribution is 2.24. The van der Waals surface area contributed by atoms with E-state index in [1.54, 1.807) is 37.3 Å². The minimum atomic E-state index is -4.45. The summed E-state index contributed by atoms with van der Waals surface area (Å²) in [7, 11) is -4.45. The Morgan fingerprint density at radius 1 is 1.00 bits per heavy atom. The molecule has 3 rings (SSSR count). The van der Waals surface area contributed by atoms with Crippen molar-refractivity contribution in [1.82, 2.24) is 9.78 Å². The van der Waals surface area contributed by atoms with Gasteiger partial charge in [0, 0.05) is 6.07 Å². The van der Waals surface area contributed by atoms with Crippen LogP contribution in [0.25, 0.3) is 5.69 Å². The molecule has 0 saturated carbocycles. The zero-order chi connectivity index (χ0) is 17.3. The number of nitrogens with zero attached hydrogens (tertiary/aromatic N) is 2. The van der Waals surface area contributed by atoms with Crippen molar-refractivity contribution in [3.63, 3.8) is 0 Å². The second-order valence-corrected chi connectivity index (χ2v) is 6.69. The first kappa shape index (κ1) is 16.1. The molecule has 124 valence electrons. The summed E-state index contributed by atoms with van der Waals surface area (Å²) in [4.78, 5) is -1.02. The van der Waals surface area contributed by atoms with E-state index in [0.717, 1.165) is 18.2 Å². The van der Waals surface area contributed by atoms with Crippen molar-refractivity contribution in [2.75, 3.05) is 4.72 Å². The first-order valence-corrected chi connectivity index (χ1v) is 8.46. The van der Waals surface area contributed by atoms with Crippen molar-refractivity contribution in [2.24, 2.45) is 0 Å². The highest BCUT2D eigenvalue weighted by Gasteiger charge is 2.25. The van der Waals surface area contributed by atoms with E-state index >= 15 is 0 Å². The SMILES string of the molecule is Cc1cc(NS(=O)(=O)c2c(F)cccc2F)n(-c2ccccc2)n1. The van der Waals surface area contributed by atoms with Gasteiger partial charge in [-0.15, -0.1) is 0 Å². The fraction of sp³-hybridized carbons (Fsp3) is 0.0625. The van der Waals surface area contributed by atoms with Crippen molar-refractivity contribution in [3.8, 4) is 5.69 Å². The fourth-order valence-electron chi connectivity index (χ4n) is 2.27. The predicted octanol–water partition coefficient (Wildman–Crippen LogP) is 3.26. The number of halogens is 2. The lowest BCUT2D eigenvalue weighted by Gasteiger charge is -2.11. The zero-order valence-corrected chi connectivity index (χ0v) is 13.4. The van der Waals surface area contributed by atoms with Gasteiger partial charge in [0.05, 0.1) is 11.4 Å². The molecule has 1 N–H and O–H groups in total. The Labute approximate surface area is 137 Å². The van der Waals surface area contributed by atoms with Crippen LogP contribution in [0.3, 0.4) is 0 Å². The summed E-state index contributed by atoms with van der Waals surface area (Å²) >= 11 is 0. The maximum Gasteiger partial charge on any atom is 0.268 e. The van der Waals surface area contributed by atoms with Gasteiger partial charge in [0.2, 0.25) is 0 Å². The molecule has 0 unspecified atom stereocenters. The van der Waals surface area contributed by atoms with Gasteiger partial charge < -0.3 is 0 Å². The molecule has 0 spiro atoms. The van der Waals surface area contributed by atoms with E-state index in [4.69, 9.17) is 0 Å². The van der Waals surface area contributed by atoms with E-state index in [1.165, 1.54) is 10.7 Å². The molecule has 1 aromatic heterocycles. The van der Waals surface area contributed by atoms with Gasteiger partial charge in [0.25, 0.3) is 10.0 Å². The number of anilines is 1. The molecule has 0 aliphatic carbocycles. The highest BCUT2D eigenvalue weighted by molar-refractivity contribution is 7.92. The summed E-state index contributed by atoms with van der Waals surface area (Å²) in [6, 6.07) is 13.1. The summed E-state index contributed by atoms with van der Waals surface area (Å²) in [5.74, 6) is -2.24. The largest absolute Gasteiger partial charge is 0.268 e. The minimum absolute atomic E-state index is 0.0846. The van der Waals surface area contributed by atoms with Crippen LogP contribution >= 0.6 is 0 Å². The van der Waals surface area contributed by atoms with Crippen LogP contribution in [0.1, 0.15) is 5.69 Å². The highest BCUT2D eigenvalue weighted by atomic mass is 32.2. The average Bonchev–Trinajstić information content (AvgIpc) is 2.87. The number of nitrogens with one attached hydrogen (secondary N) is 1. The molecule has 8 heteroatoms. The zero-order valence-electron chi connectivity index (χ0n) is 12.6. The lowest BCUT2D eigenvalue weighted by molar-refractivity contribution is 0.521. The Bertz CT molecular complexity index is 966. The predicted molar refractivity (Wildman–Crippen MR) is 85.5 cm³/mol. The second-order valence-electron chi connectivity index (χ2n) is 5.07. The van der Waals surface area contributed by atoms with Gasteiger partial charge in [-0.25, -0.2) is 21.9 Å². The third-order valence-electron chi connectivity index (χ3n) is 3.26. The lowest BCUT2D eigenvalue weighted by Crippen LogP contribution is -2.18. The van der Waals surface area contributed by atoms with Crippen molar-refractivity contribution < 1.29 is 17.2 Å². The van der Waals surface area contributed by atoms with E-state index < -0.39 is 26.6 Å². The first-order chi connectivity index (χ1) is 11.4. The van der Waals surface area contributed by atoms with Gasteiger partial charge in [-0.05, 0) is 31.2 Å². The van der Waals surface area contributed by atoms with E-state index in [-0.39, 0.29) is 5.82 Å². The number of hydrogen-bond donors (Lipinski definition) is 1. The molecule has 0 fully saturated rings. The molecule has 0 aliphatic heterocycles. The number of rotatable bonds is 4. The van der Waals surface area contributed by atoms with Crippen LogP contribution in [-0.4, -0.2) is 18.2 Å². The van der Waals surface area contributed by atoms with Crippen LogP contribution in [0.15, 0.2) is 59.5 Å². The first-order valence-electron chi connectivity index (χ1n) is 6.97. The van der Waals surface area contributed by atoms with Crippen molar-refractivity contribution in [1.29, 1.82) is 0 Å². The summed E-state index contributed by atoms with van der Waals surface area (Å²) in [5.41, 5.74) is 1.16. The Morgan fingerprint density at radius 2 is 1.62 bits per heavy atom. The van der Waals surface area contributed by atoms with Gasteiger partial charge in [-0.1, -0.05) is 24.3 Å². The summed E-state index contributed by atoms with van der Waals surface area (Å²) in [6.07, 6.45) is 0. The number of benzene rings is 2. The van der Waals surface area contributed by atoms with Crippen LogP contribution in [0, 0.1) is 18.6 Å². The van der Waals surface area contributed by atoms with Crippen LogP contribution in [0.5, 0.6) is 0 Å². The molecule has 0 aliphatic rings. The molecule has 3 aromatic rings. The molecule has 0 atom stereocenters. The molecule has 0 radical (unpaired) electrons. The van der Waals surface area contributed by atoms with Crippen LogP contribution in [0.4, 0.5) is 14.6 Å². The van der Waals surface area contributed by atoms with Crippen molar-refractivity contribution in [3.05, 3.63) is 71.9 Å². The maximum absolute atomic E-state index is 13.8. The minimum Gasteiger partial charge on any atom is -0.263 e. The molecule has 24 heavy (non-hydrogen) atoms. The van der Waals surface area contributed by atoms with Crippen LogP contribution in [0.2, 0.25) is 0 Å². The standard InChI is InChI=1S/C16H13F2N3O2S/c1-11-10-15(21(19-11)12-6-3-2-4-7-12)20-24(22,23)16-13(17)8-5-9-14(16)18/h2-10,20H,1H3. The molecule has 0 saturated heterocycles. The van der Waals surface area contributed by atoms with Crippen LogP contribution in [-0.2, 0) is 10.0 Å². The Morgan fingerprint density at radius 3 is 2.25 bits per heavy atom. The average molecular weight is 349 g/mol. The molecule has 2 aromatic carbocycles. The number of para-hydroxylation sites is 1. The molecular weight excluding hydrogens is 336 g/mol. The lowest BCUT2D eigenvalue weighted by atomic mass is 10.3. The van der Waals surface area contributed by atoms with Gasteiger partial charge in [0.15, 0.2) is 4.90 Å².